The molecule has 1 N–H and O–H groups in total. The van der Waals surface area contributed by atoms with Crippen molar-refractivity contribution in [2.75, 3.05) is 11.2 Å². The zero-order chi connectivity index (χ0) is 16.6. The third-order valence-electron chi connectivity index (χ3n) is 3.48. The predicted octanol–water partition coefficient (Wildman–Crippen LogP) is 1.06. The summed E-state index contributed by atoms with van der Waals surface area (Å²) >= 11 is 0. The highest BCUT2D eigenvalue weighted by molar-refractivity contribution is 7.89. The first kappa shape index (κ1) is 15.3. The van der Waals surface area contributed by atoms with Gasteiger partial charge in [0.1, 0.15) is 0 Å². The molecule has 0 saturated carbocycles. The summed E-state index contributed by atoms with van der Waals surface area (Å²) in [5, 5.41) is 0. The lowest BCUT2D eigenvalue weighted by atomic mass is 10.2. The number of carbonyl (C=O) groups excluding carboxylic acids is 2. The summed E-state index contributed by atoms with van der Waals surface area (Å²) in [7, 11) is -3.69. The Morgan fingerprint density at radius 3 is 2.78 bits per heavy atom. The number of nitrogens with one attached hydrogen (secondary N) is 1. The summed E-state index contributed by atoms with van der Waals surface area (Å²) in [6.45, 7) is 0.138. The number of nitrogens with zero attached hydrogens (tertiary/aromatic N) is 1. The van der Waals surface area contributed by atoms with Crippen LogP contribution in [-0.4, -0.2) is 26.5 Å². The van der Waals surface area contributed by atoms with Crippen molar-refractivity contribution in [3.8, 4) is 0 Å². The number of amides is 2. The maximum absolute atomic E-state index is 12.2. The standard InChI is InChI=1S/C15H14N2O5S/c1-23(20,21)16-15(19)14-11(6-7-22-14)9-17-12-5-3-2-4-10(12)8-13(17)18/h2-7H,8-9H2,1H3,(H,16,19). The molecule has 0 spiro atoms. The second-order valence-electron chi connectivity index (χ2n) is 5.26. The van der Waals surface area contributed by atoms with Gasteiger partial charge in [0.25, 0.3) is 0 Å². The van der Waals surface area contributed by atoms with Crippen LogP contribution in [0.4, 0.5) is 5.69 Å². The topological polar surface area (TPSA) is 96.7 Å². The van der Waals surface area contributed by atoms with Crippen LogP contribution in [0, 0.1) is 0 Å². The second-order valence-corrected chi connectivity index (χ2v) is 7.01. The molecule has 2 heterocycles. The lowest BCUT2D eigenvalue weighted by molar-refractivity contribution is -0.117. The number of anilines is 1. The van der Waals surface area contributed by atoms with Crippen LogP contribution in [0.25, 0.3) is 0 Å². The largest absolute Gasteiger partial charge is 0.459 e. The summed E-state index contributed by atoms with van der Waals surface area (Å²) in [6, 6.07) is 8.94. The summed E-state index contributed by atoms with van der Waals surface area (Å²) in [5.74, 6) is -1.05. The predicted molar refractivity (Wildman–Crippen MR) is 82.4 cm³/mol. The molecule has 0 unspecified atom stereocenters. The molecule has 3 rings (SSSR count). The molecule has 0 radical (unpaired) electrons. The Kier molecular flexibility index (Phi) is 3.69. The Morgan fingerprint density at radius 1 is 1.30 bits per heavy atom. The van der Waals surface area contributed by atoms with E-state index < -0.39 is 15.9 Å². The van der Waals surface area contributed by atoms with E-state index in [1.807, 2.05) is 29.0 Å². The lowest BCUT2D eigenvalue weighted by Gasteiger charge is -2.17. The van der Waals surface area contributed by atoms with Crippen molar-refractivity contribution >= 4 is 27.5 Å². The van der Waals surface area contributed by atoms with Gasteiger partial charge in [-0.2, -0.15) is 0 Å². The first-order chi connectivity index (χ1) is 10.8. The Morgan fingerprint density at radius 2 is 2.04 bits per heavy atom. The maximum atomic E-state index is 12.2. The lowest BCUT2D eigenvalue weighted by Crippen LogP contribution is -2.31. The third-order valence-corrected chi connectivity index (χ3v) is 4.04. The van der Waals surface area contributed by atoms with Crippen LogP contribution in [0.3, 0.4) is 0 Å². The van der Waals surface area contributed by atoms with Crippen LogP contribution in [0.5, 0.6) is 0 Å². The van der Waals surface area contributed by atoms with Crippen LogP contribution in [0.15, 0.2) is 41.0 Å². The number of rotatable bonds is 4. The first-order valence-electron chi connectivity index (χ1n) is 6.82. The van der Waals surface area contributed by atoms with Crippen LogP contribution < -0.4 is 9.62 Å². The molecule has 7 nitrogen and oxygen atoms in total. The maximum Gasteiger partial charge on any atom is 0.300 e. The highest BCUT2D eigenvalue weighted by Crippen LogP contribution is 2.30. The van der Waals surface area contributed by atoms with Gasteiger partial charge in [0.15, 0.2) is 5.76 Å². The fourth-order valence-corrected chi connectivity index (χ4v) is 2.96. The van der Waals surface area contributed by atoms with Crippen molar-refractivity contribution in [2.24, 2.45) is 0 Å². The molecule has 0 bridgehead atoms. The molecule has 0 aliphatic carbocycles. The molecule has 0 fully saturated rings. The number of fused-ring (bicyclic) bond motifs is 1. The Hall–Kier alpha value is -2.61. The van der Waals surface area contributed by atoms with Gasteiger partial charge in [-0.15, -0.1) is 0 Å². The number of hydrogen-bond acceptors (Lipinski definition) is 5. The van der Waals surface area contributed by atoms with Crippen molar-refractivity contribution in [3.05, 3.63) is 53.5 Å². The van der Waals surface area contributed by atoms with Gasteiger partial charge in [0.05, 0.1) is 25.5 Å². The summed E-state index contributed by atoms with van der Waals surface area (Å²) in [4.78, 5) is 25.7. The van der Waals surface area contributed by atoms with E-state index >= 15 is 0 Å². The molecule has 1 aliphatic heterocycles. The van der Waals surface area contributed by atoms with E-state index in [2.05, 4.69) is 0 Å². The first-order valence-corrected chi connectivity index (χ1v) is 8.71. The molecule has 120 valence electrons. The van der Waals surface area contributed by atoms with E-state index in [1.165, 1.54) is 6.26 Å². The number of hydrogen-bond donors (Lipinski definition) is 1. The number of carbonyl (C=O) groups is 2. The van der Waals surface area contributed by atoms with Gasteiger partial charge in [-0.05, 0) is 17.7 Å². The van der Waals surface area contributed by atoms with Crippen LogP contribution >= 0.6 is 0 Å². The van der Waals surface area contributed by atoms with Crippen molar-refractivity contribution in [1.82, 2.24) is 4.72 Å². The minimum atomic E-state index is -3.69. The summed E-state index contributed by atoms with van der Waals surface area (Å²) in [5.41, 5.74) is 2.15. The molecule has 2 amide bonds. The quantitative estimate of drug-likeness (QED) is 0.902. The van der Waals surface area contributed by atoms with Gasteiger partial charge in [0.2, 0.25) is 15.9 Å². The van der Waals surface area contributed by atoms with E-state index in [0.717, 1.165) is 17.5 Å². The molecule has 8 heteroatoms. The molecule has 1 aliphatic rings. The second kappa shape index (κ2) is 5.54. The van der Waals surface area contributed by atoms with Crippen molar-refractivity contribution < 1.29 is 22.4 Å². The van der Waals surface area contributed by atoms with Gasteiger partial charge in [-0.3, -0.25) is 9.59 Å². The van der Waals surface area contributed by atoms with Crippen LogP contribution in [0.1, 0.15) is 21.7 Å². The number of furan rings is 1. The molecule has 0 atom stereocenters. The molecule has 23 heavy (non-hydrogen) atoms. The minimum Gasteiger partial charge on any atom is -0.459 e. The fraction of sp³-hybridized carbons (Fsp3) is 0.200. The summed E-state index contributed by atoms with van der Waals surface area (Å²) < 4.78 is 29.3. The smallest absolute Gasteiger partial charge is 0.300 e. The Labute approximate surface area is 132 Å². The molecular weight excluding hydrogens is 320 g/mol. The Bertz CT molecular complexity index is 885. The highest BCUT2D eigenvalue weighted by Gasteiger charge is 2.29. The normalized spacial score (nSPS) is 14.0. The van der Waals surface area contributed by atoms with E-state index in [9.17, 15) is 18.0 Å². The number of sulfonamides is 1. The van der Waals surface area contributed by atoms with E-state index in [4.69, 9.17) is 4.42 Å². The summed E-state index contributed by atoms with van der Waals surface area (Å²) in [6.07, 6.45) is 2.48. The van der Waals surface area contributed by atoms with Crippen LogP contribution in [-0.2, 0) is 27.8 Å². The molecule has 1 aromatic carbocycles. The molecule has 1 aromatic heterocycles. The van der Waals surface area contributed by atoms with Gasteiger partial charge in [-0.25, -0.2) is 13.1 Å². The van der Waals surface area contributed by atoms with E-state index in [0.29, 0.717) is 12.0 Å². The van der Waals surface area contributed by atoms with Gasteiger partial charge in [0, 0.05) is 11.3 Å². The van der Waals surface area contributed by atoms with Crippen molar-refractivity contribution in [1.29, 1.82) is 0 Å². The average molecular weight is 334 g/mol. The van der Waals surface area contributed by atoms with Gasteiger partial charge >= 0.3 is 5.91 Å². The van der Waals surface area contributed by atoms with Gasteiger partial charge in [-0.1, -0.05) is 18.2 Å². The van der Waals surface area contributed by atoms with E-state index in [-0.39, 0.29) is 18.2 Å². The zero-order valence-corrected chi connectivity index (χ0v) is 13.1. The Balaban J connectivity index is 1.87. The molecule has 0 saturated heterocycles. The zero-order valence-electron chi connectivity index (χ0n) is 12.3. The number of benzene rings is 1. The third kappa shape index (κ3) is 3.11. The number of para-hydroxylation sites is 1. The average Bonchev–Trinajstić information content (AvgIpc) is 3.03. The van der Waals surface area contributed by atoms with Crippen molar-refractivity contribution in [3.63, 3.8) is 0 Å². The minimum absolute atomic E-state index is 0.0816. The molecular formula is C15H14N2O5S. The van der Waals surface area contributed by atoms with Gasteiger partial charge < -0.3 is 9.32 Å². The van der Waals surface area contributed by atoms with Crippen molar-refractivity contribution in [2.45, 2.75) is 13.0 Å². The SMILES string of the molecule is CS(=O)(=O)NC(=O)c1occc1CN1C(=O)Cc2ccccc21. The highest BCUT2D eigenvalue weighted by atomic mass is 32.2. The monoisotopic (exact) mass is 334 g/mol. The fourth-order valence-electron chi connectivity index (χ4n) is 2.53. The van der Waals surface area contributed by atoms with Crippen LogP contribution in [0.2, 0.25) is 0 Å². The van der Waals surface area contributed by atoms with E-state index in [1.54, 1.807) is 11.0 Å². The molecule has 2 aromatic rings.